The summed E-state index contributed by atoms with van der Waals surface area (Å²) < 4.78 is 13.3. The third-order valence-electron chi connectivity index (χ3n) is 3.15. The van der Waals surface area contributed by atoms with Gasteiger partial charge in [-0.05, 0) is 44.4 Å². The molecule has 3 heteroatoms. The van der Waals surface area contributed by atoms with Crippen LogP contribution in [-0.2, 0) is 0 Å². The molecule has 2 rings (SSSR count). The van der Waals surface area contributed by atoms with E-state index >= 15 is 0 Å². The van der Waals surface area contributed by atoms with Crippen molar-refractivity contribution in [2.45, 2.75) is 32.2 Å². The summed E-state index contributed by atoms with van der Waals surface area (Å²) in [7, 11) is 0. The normalized spacial score (nSPS) is 20.6. The molecule has 1 aliphatic heterocycles. The molecule has 1 aliphatic rings. The lowest BCUT2D eigenvalue weighted by Crippen LogP contribution is -2.37. The van der Waals surface area contributed by atoms with Gasteiger partial charge in [-0.2, -0.15) is 5.26 Å². The number of nitrogens with zero attached hydrogens (tertiary/aromatic N) is 2. The Bertz CT molecular complexity index is 422. The lowest BCUT2D eigenvalue weighted by molar-refractivity contribution is 0.484. The molecule has 0 bridgehead atoms. The average molecular weight is 218 g/mol. The smallest absolute Gasteiger partial charge is 0.126 e. The van der Waals surface area contributed by atoms with Crippen molar-refractivity contribution in [3.8, 4) is 6.07 Å². The average Bonchev–Trinajstić information content (AvgIpc) is 2.28. The molecule has 16 heavy (non-hydrogen) atoms. The van der Waals surface area contributed by atoms with Crippen LogP contribution in [0.25, 0.3) is 0 Å². The molecule has 1 heterocycles. The van der Waals surface area contributed by atoms with Crippen molar-refractivity contribution in [1.82, 2.24) is 0 Å². The fraction of sp³-hybridized carbons (Fsp3) is 0.462. The third-order valence-corrected chi connectivity index (χ3v) is 3.15. The highest BCUT2D eigenvalue weighted by atomic mass is 19.1. The lowest BCUT2D eigenvalue weighted by atomic mass is 10.0. The SMILES string of the molecule is CC1CCCCN1c1cc(F)cc(C#N)c1. The Morgan fingerprint density at radius 3 is 2.88 bits per heavy atom. The molecule has 0 aromatic heterocycles. The van der Waals surface area contributed by atoms with Gasteiger partial charge >= 0.3 is 0 Å². The molecule has 1 aromatic rings. The Labute approximate surface area is 95.3 Å². The monoisotopic (exact) mass is 218 g/mol. The molecule has 0 N–H and O–H groups in total. The van der Waals surface area contributed by atoms with Crippen LogP contribution in [0.3, 0.4) is 0 Å². The van der Waals surface area contributed by atoms with Gasteiger partial charge in [0.2, 0.25) is 0 Å². The van der Waals surface area contributed by atoms with Gasteiger partial charge in [-0.3, -0.25) is 0 Å². The molecule has 1 saturated heterocycles. The highest BCUT2D eigenvalue weighted by Crippen LogP contribution is 2.26. The summed E-state index contributed by atoms with van der Waals surface area (Å²) in [6.45, 7) is 3.10. The second kappa shape index (κ2) is 4.52. The summed E-state index contributed by atoms with van der Waals surface area (Å²) in [4.78, 5) is 2.19. The first-order valence-electron chi connectivity index (χ1n) is 5.68. The molecule has 0 radical (unpaired) electrons. The zero-order valence-corrected chi connectivity index (χ0v) is 9.41. The second-order valence-electron chi connectivity index (χ2n) is 4.35. The van der Waals surface area contributed by atoms with Crippen LogP contribution in [0.15, 0.2) is 18.2 Å². The fourth-order valence-electron chi connectivity index (χ4n) is 2.29. The highest BCUT2D eigenvalue weighted by molar-refractivity contribution is 5.52. The van der Waals surface area contributed by atoms with E-state index in [1.54, 1.807) is 6.07 Å². The van der Waals surface area contributed by atoms with Crippen molar-refractivity contribution in [2.24, 2.45) is 0 Å². The number of piperidine rings is 1. The molecular weight excluding hydrogens is 203 g/mol. The Hall–Kier alpha value is -1.56. The molecule has 0 aliphatic carbocycles. The number of anilines is 1. The van der Waals surface area contributed by atoms with Gasteiger partial charge in [0.15, 0.2) is 0 Å². The van der Waals surface area contributed by atoms with Crippen LogP contribution in [0.2, 0.25) is 0 Å². The van der Waals surface area contributed by atoms with Crippen molar-refractivity contribution < 1.29 is 4.39 Å². The molecule has 0 spiro atoms. The summed E-state index contributed by atoms with van der Waals surface area (Å²) in [5.41, 5.74) is 1.23. The molecule has 0 saturated carbocycles. The van der Waals surface area contributed by atoms with Crippen LogP contribution in [0.5, 0.6) is 0 Å². The first-order valence-corrected chi connectivity index (χ1v) is 5.68. The maximum Gasteiger partial charge on any atom is 0.126 e. The van der Waals surface area contributed by atoms with Gasteiger partial charge in [-0.1, -0.05) is 0 Å². The Kier molecular flexibility index (Phi) is 3.09. The first-order chi connectivity index (χ1) is 7.70. The van der Waals surface area contributed by atoms with Crippen molar-refractivity contribution in [3.63, 3.8) is 0 Å². The molecule has 1 fully saturated rings. The van der Waals surface area contributed by atoms with E-state index in [0.29, 0.717) is 11.6 Å². The molecule has 1 aromatic carbocycles. The minimum Gasteiger partial charge on any atom is -0.369 e. The maximum absolute atomic E-state index is 13.3. The maximum atomic E-state index is 13.3. The second-order valence-corrected chi connectivity index (χ2v) is 4.35. The third kappa shape index (κ3) is 2.16. The standard InChI is InChI=1S/C13H15FN2/c1-10-4-2-3-5-16(10)13-7-11(9-15)6-12(14)8-13/h6-8,10H,2-5H2,1H3. The van der Waals surface area contributed by atoms with Crippen molar-refractivity contribution in [1.29, 1.82) is 5.26 Å². The van der Waals surface area contributed by atoms with Gasteiger partial charge in [-0.25, -0.2) is 4.39 Å². The zero-order chi connectivity index (χ0) is 11.5. The molecule has 1 unspecified atom stereocenters. The van der Waals surface area contributed by atoms with Crippen LogP contribution < -0.4 is 4.90 Å². The Morgan fingerprint density at radius 1 is 1.38 bits per heavy atom. The Balaban J connectivity index is 2.32. The summed E-state index contributed by atoms with van der Waals surface area (Å²) in [5.74, 6) is -0.327. The number of nitriles is 1. The zero-order valence-electron chi connectivity index (χ0n) is 9.41. The van der Waals surface area contributed by atoms with E-state index in [1.807, 2.05) is 6.07 Å². The number of hydrogen-bond donors (Lipinski definition) is 0. The van der Waals surface area contributed by atoms with Gasteiger partial charge in [-0.15, -0.1) is 0 Å². The van der Waals surface area contributed by atoms with Gasteiger partial charge in [0.05, 0.1) is 11.6 Å². The first kappa shape index (κ1) is 10.9. The van der Waals surface area contributed by atoms with Crippen molar-refractivity contribution in [2.75, 3.05) is 11.4 Å². The quantitative estimate of drug-likeness (QED) is 0.724. The van der Waals surface area contributed by atoms with Crippen LogP contribution >= 0.6 is 0 Å². The summed E-state index contributed by atoms with van der Waals surface area (Å²) in [6.07, 6.45) is 3.51. The van der Waals surface area contributed by atoms with E-state index in [0.717, 1.165) is 25.1 Å². The number of rotatable bonds is 1. The van der Waals surface area contributed by atoms with E-state index < -0.39 is 0 Å². The number of hydrogen-bond acceptors (Lipinski definition) is 2. The highest BCUT2D eigenvalue weighted by Gasteiger charge is 2.19. The van der Waals surface area contributed by atoms with Crippen LogP contribution in [0, 0.1) is 17.1 Å². The van der Waals surface area contributed by atoms with E-state index in [2.05, 4.69) is 11.8 Å². The number of benzene rings is 1. The van der Waals surface area contributed by atoms with Crippen molar-refractivity contribution in [3.05, 3.63) is 29.6 Å². The summed E-state index contributed by atoms with van der Waals surface area (Å²) in [6, 6.07) is 6.99. The molecule has 0 amide bonds. The van der Waals surface area contributed by atoms with Gasteiger partial charge < -0.3 is 4.90 Å². The van der Waals surface area contributed by atoms with Crippen molar-refractivity contribution >= 4 is 5.69 Å². The lowest BCUT2D eigenvalue weighted by Gasteiger charge is -2.35. The molecule has 2 nitrogen and oxygen atoms in total. The minimum atomic E-state index is -0.327. The molecule has 84 valence electrons. The molecule has 1 atom stereocenters. The van der Waals surface area contributed by atoms with Crippen LogP contribution in [0.4, 0.5) is 10.1 Å². The van der Waals surface area contributed by atoms with E-state index in [-0.39, 0.29) is 5.82 Å². The topological polar surface area (TPSA) is 27.0 Å². The number of halogens is 1. The summed E-state index contributed by atoms with van der Waals surface area (Å²) >= 11 is 0. The van der Waals surface area contributed by atoms with Crippen LogP contribution in [0.1, 0.15) is 31.7 Å². The minimum absolute atomic E-state index is 0.327. The van der Waals surface area contributed by atoms with Gasteiger partial charge in [0.1, 0.15) is 5.82 Å². The van der Waals surface area contributed by atoms with E-state index in [1.165, 1.54) is 18.6 Å². The largest absolute Gasteiger partial charge is 0.369 e. The summed E-state index contributed by atoms with van der Waals surface area (Å²) in [5, 5.41) is 8.82. The molecular formula is C13H15FN2. The van der Waals surface area contributed by atoms with Gasteiger partial charge in [0, 0.05) is 18.3 Å². The predicted molar refractivity (Wildman–Crippen MR) is 61.8 cm³/mol. The van der Waals surface area contributed by atoms with Gasteiger partial charge in [0.25, 0.3) is 0 Å². The Morgan fingerprint density at radius 2 is 2.19 bits per heavy atom. The van der Waals surface area contributed by atoms with E-state index in [4.69, 9.17) is 5.26 Å². The fourth-order valence-corrected chi connectivity index (χ4v) is 2.29. The predicted octanol–water partition coefficient (Wildman–Crippen LogP) is 3.08. The van der Waals surface area contributed by atoms with Crippen LogP contribution in [-0.4, -0.2) is 12.6 Å². The van der Waals surface area contributed by atoms with E-state index in [9.17, 15) is 4.39 Å².